The van der Waals surface area contributed by atoms with Crippen molar-refractivity contribution in [2.24, 2.45) is 33.5 Å². The van der Waals surface area contributed by atoms with Gasteiger partial charge in [0.05, 0.1) is 66.7 Å². The summed E-state index contributed by atoms with van der Waals surface area (Å²) in [5.41, 5.74) is -6.82. The second-order valence-corrected chi connectivity index (χ2v) is 44.2. The zero-order chi connectivity index (χ0) is 78.7. The number of esters is 4. The van der Waals surface area contributed by atoms with Crippen LogP contribution in [0.5, 0.6) is 0 Å². The molecule has 4 bridgehead atoms. The van der Waals surface area contributed by atoms with E-state index in [0.717, 1.165) is 47.4 Å². The number of hydrogen-bond acceptors (Lipinski definition) is 22. The van der Waals surface area contributed by atoms with Crippen molar-refractivity contribution in [3.8, 4) is 0 Å². The Kier molecular flexibility index (Phi) is 22.2. The van der Waals surface area contributed by atoms with Crippen molar-refractivity contribution in [2.45, 2.75) is 314 Å². The summed E-state index contributed by atoms with van der Waals surface area (Å²) in [5.74, 6) is -6.37. The SMILES string of the molecule is CC[Si](CC)(CC)O[C@H]1C[C@H]2OC[C@@]2(OC(C)=O)[C@H]2[C@H](OC(=O)c3ccccc3)[C@]3(O)C[C@H](O)C(C)=C([C@H]4OC(C)(C)O[C@H]4[C@]12C)C3(C)C.CC[Si](CC)(CC)O[C@H]1C[C@H]2OC[C@@]2(OC(C)=O)[C@H]2[C@H](OC(=O)c3ccccc3)[C@]3(O)C[C@H](OC(=O)OCc4ccccc4)C(C)=C([C@H]4OC(C)(C)O[C@H]4[C@]12C)C3(C)C. The average molecular weight is 1540 g/mol. The molecule has 4 aliphatic heterocycles. The second kappa shape index (κ2) is 29.4. The fourth-order valence-corrected chi connectivity index (χ4v) is 27.3. The van der Waals surface area contributed by atoms with Crippen molar-refractivity contribution >= 4 is 46.7 Å². The van der Waals surface area contributed by atoms with E-state index in [4.69, 9.17) is 65.7 Å². The largest absolute Gasteiger partial charge is 0.509 e. The van der Waals surface area contributed by atoms with Crippen molar-refractivity contribution in [1.29, 1.82) is 0 Å². The first-order valence-corrected chi connectivity index (χ1v) is 44.4. The number of carbonyl (C=O) groups excluding carboxylic acids is 5. The number of carbonyl (C=O) groups is 5. The third kappa shape index (κ3) is 13.2. The van der Waals surface area contributed by atoms with Crippen LogP contribution >= 0.6 is 0 Å². The van der Waals surface area contributed by atoms with Gasteiger partial charge in [-0.1, -0.05) is 150 Å². The summed E-state index contributed by atoms with van der Waals surface area (Å²) >= 11 is 0. The van der Waals surface area contributed by atoms with E-state index in [1.807, 2.05) is 106 Å². The molecule has 10 aliphatic rings. The summed E-state index contributed by atoms with van der Waals surface area (Å²) in [5, 5.41) is 39.2. The van der Waals surface area contributed by atoms with Crippen molar-refractivity contribution in [3.63, 3.8) is 0 Å². The molecule has 108 heavy (non-hydrogen) atoms. The Morgan fingerprint density at radius 3 is 1.23 bits per heavy atom. The Hall–Kier alpha value is -5.72. The lowest BCUT2D eigenvalue weighted by Crippen LogP contribution is -2.82. The quantitative estimate of drug-likeness (QED) is 0.0435. The van der Waals surface area contributed by atoms with Crippen molar-refractivity contribution < 1.29 is 105 Å². The number of aliphatic hydroxyl groups excluding tert-OH is 1. The lowest BCUT2D eigenvalue weighted by atomic mass is 9.44. The standard InChI is InChI=1S/C46H62O12Si.C38H56O10Si/c1-11-59(12-2,13-3)58-33-24-34-45(27-52-34,55-29(5)47)37-39(54-40(48)31-22-18-15-19-23-31)46(50)25-32(53-41(49)51-26-30-20-16-14-17-21-30)28(4)35(42(46,6)7)36-38(44(33,37)10)57-43(8,9)56-36;1-11-49(12-2,13-3)48-26-19-27-37(21-43-27,45-23(5)39)30-32(44-33(41)24-17-15-14-16-18-24)38(42)20-25(40)22(4)28(34(38,6)7)29-31(36(26,30)10)47-35(8,9)46-29/h14-23,32-34,36-39,50H,11-13,24-27H2,1-10H3;14-18,25-27,29-32,40,42H,11-13,19-21H2,1-10H3/t32-,33-,34+,36+,37-,38+,39-,44+,45-,46+;25-,26-,27+,29+,30-,31+,32-,36+,37-,38+/m00/s1. The molecule has 20 atom stereocenters. The highest BCUT2D eigenvalue weighted by molar-refractivity contribution is 6.74. The maximum Gasteiger partial charge on any atom is 0.509 e. The van der Waals surface area contributed by atoms with Crippen LogP contribution < -0.4 is 0 Å². The van der Waals surface area contributed by atoms with Crippen LogP contribution in [0.1, 0.15) is 190 Å². The molecule has 3 aromatic carbocycles. The van der Waals surface area contributed by atoms with Crippen molar-refractivity contribution in [2.75, 3.05) is 13.2 Å². The highest BCUT2D eigenvalue weighted by atomic mass is 28.4. The summed E-state index contributed by atoms with van der Waals surface area (Å²) in [7, 11) is -4.70. The molecule has 0 aromatic heterocycles. The minimum atomic E-state index is -2.39. The normalized spacial score (nSPS) is 37.7. The third-order valence-electron chi connectivity index (χ3n) is 27.9. The van der Waals surface area contributed by atoms with Crippen LogP contribution in [0.3, 0.4) is 0 Å². The predicted molar refractivity (Wildman–Crippen MR) is 404 cm³/mol. The predicted octanol–water partition coefficient (Wildman–Crippen LogP) is 13.8. The third-order valence-corrected chi connectivity index (χ3v) is 37.2. The van der Waals surface area contributed by atoms with E-state index in [1.165, 1.54) is 13.8 Å². The van der Waals surface area contributed by atoms with E-state index in [-0.39, 0.29) is 38.2 Å². The van der Waals surface area contributed by atoms with Gasteiger partial charge in [-0.25, -0.2) is 14.4 Å². The highest BCUT2D eigenvalue weighted by Crippen LogP contribution is 2.71. The molecule has 22 nitrogen and oxygen atoms in total. The van der Waals surface area contributed by atoms with Crippen LogP contribution in [0.25, 0.3) is 0 Å². The van der Waals surface area contributed by atoms with Crippen LogP contribution in [-0.2, 0) is 81.9 Å². The van der Waals surface area contributed by atoms with Gasteiger partial charge >= 0.3 is 30.0 Å². The van der Waals surface area contributed by atoms with Gasteiger partial charge in [-0.05, 0) is 130 Å². The van der Waals surface area contributed by atoms with Crippen molar-refractivity contribution in [3.05, 3.63) is 130 Å². The maximum atomic E-state index is 14.6. The Labute approximate surface area is 639 Å². The lowest BCUT2D eigenvalue weighted by molar-refractivity contribution is -0.361. The smallest absolute Gasteiger partial charge is 0.455 e. The van der Waals surface area contributed by atoms with Gasteiger partial charge < -0.3 is 81.0 Å². The molecule has 4 saturated heterocycles. The van der Waals surface area contributed by atoms with Crippen LogP contribution in [-0.4, -0.2) is 182 Å². The van der Waals surface area contributed by atoms with Gasteiger partial charge in [0, 0.05) is 61.2 Å². The van der Waals surface area contributed by atoms with E-state index >= 15 is 0 Å². The Morgan fingerprint density at radius 1 is 0.500 bits per heavy atom. The number of fused-ring (bicyclic) bond motifs is 16. The molecule has 4 saturated carbocycles. The van der Waals surface area contributed by atoms with Crippen LogP contribution in [0, 0.1) is 33.5 Å². The first-order chi connectivity index (χ1) is 50.7. The number of ether oxygens (including phenoxy) is 12. The van der Waals surface area contributed by atoms with Gasteiger partial charge in [-0.15, -0.1) is 0 Å². The van der Waals surface area contributed by atoms with E-state index in [0.29, 0.717) is 35.1 Å². The Balaban J connectivity index is 0.000000205. The average Bonchev–Trinajstić information content (AvgIpc) is 1.10. The monoisotopic (exact) mass is 1530 g/mol. The van der Waals surface area contributed by atoms with Gasteiger partial charge in [0.25, 0.3) is 0 Å². The lowest BCUT2D eigenvalue weighted by Gasteiger charge is -2.69. The summed E-state index contributed by atoms with van der Waals surface area (Å²) in [6.07, 6.45) is -10.4. The zero-order valence-corrected chi connectivity index (χ0v) is 69.0. The summed E-state index contributed by atoms with van der Waals surface area (Å²) < 4.78 is 93.7. The van der Waals surface area contributed by atoms with Gasteiger partial charge in [-0.3, -0.25) is 9.59 Å². The molecule has 0 spiro atoms. The molecule has 6 aliphatic carbocycles. The number of rotatable bonds is 19. The zero-order valence-electron chi connectivity index (χ0n) is 67.0. The molecular weight excluding hydrogens is 1420 g/mol. The summed E-state index contributed by atoms with van der Waals surface area (Å²) in [6.45, 7) is 38.8. The van der Waals surface area contributed by atoms with E-state index in [2.05, 4.69) is 55.4 Å². The Bertz CT molecular complexity index is 3890. The van der Waals surface area contributed by atoms with Gasteiger partial charge in [0.2, 0.25) is 0 Å². The number of hydrogen-bond donors (Lipinski definition) is 3. The summed E-state index contributed by atoms with van der Waals surface area (Å²) in [4.78, 5) is 68.9. The molecule has 3 aromatic rings. The molecule has 24 heteroatoms. The molecule has 0 amide bonds. The molecule has 4 heterocycles. The highest BCUT2D eigenvalue weighted by Gasteiger charge is 2.82. The fraction of sp³-hybridized carbons (Fsp3) is 0.679. The van der Waals surface area contributed by atoms with E-state index < -0.39 is 187 Å². The number of benzene rings is 3. The van der Waals surface area contributed by atoms with Gasteiger partial charge in [0.1, 0.15) is 60.5 Å². The first-order valence-electron chi connectivity index (χ1n) is 39.3. The van der Waals surface area contributed by atoms with Gasteiger partial charge in [-0.2, -0.15) is 0 Å². The molecule has 3 N–H and O–H groups in total. The molecule has 0 radical (unpaired) electrons. The second-order valence-electron chi connectivity index (χ2n) is 34.7. The van der Waals surface area contributed by atoms with Crippen LogP contribution in [0.15, 0.2) is 113 Å². The van der Waals surface area contributed by atoms with Crippen LogP contribution in [0.4, 0.5) is 4.79 Å². The van der Waals surface area contributed by atoms with Crippen LogP contribution in [0.2, 0.25) is 36.3 Å². The van der Waals surface area contributed by atoms with E-state index in [1.54, 1.807) is 54.6 Å². The molecule has 8 fully saturated rings. The van der Waals surface area contributed by atoms with E-state index in [9.17, 15) is 39.3 Å². The maximum absolute atomic E-state index is 14.6. The molecule has 0 unspecified atom stereocenters. The molecule has 594 valence electrons. The van der Waals surface area contributed by atoms with Crippen molar-refractivity contribution in [1.82, 2.24) is 0 Å². The molecule has 13 rings (SSSR count). The first kappa shape index (κ1) is 81.8. The topological polar surface area (TPSA) is 275 Å². The van der Waals surface area contributed by atoms with Gasteiger partial charge in [0.15, 0.2) is 39.4 Å². The molecular formula is C84H118O22Si2. The minimum Gasteiger partial charge on any atom is -0.455 e. The minimum absolute atomic E-state index is 0.00682. The fourth-order valence-electron chi connectivity index (χ4n) is 21.4. The Morgan fingerprint density at radius 2 is 0.870 bits per heavy atom. The summed E-state index contributed by atoms with van der Waals surface area (Å²) in [6, 6.07) is 31.8. The number of aliphatic hydroxyl groups is 3.